The van der Waals surface area contributed by atoms with Gasteiger partial charge in [0.25, 0.3) is 5.91 Å². The number of rotatable bonds is 8. The summed E-state index contributed by atoms with van der Waals surface area (Å²) in [6.07, 6.45) is 6.15. The van der Waals surface area contributed by atoms with E-state index < -0.39 is 0 Å². The molecule has 2 N–H and O–H groups in total. The number of benzene rings is 3. The first kappa shape index (κ1) is 24.6. The standard InChI is InChI=1S/C30H33N5O2/c1-22(23-20-31-35(21-23)26-10-4-3-5-11-26)32-24-15-17-34(18-16-24)27-12-8-9-25(19-27)33-30(36)28-13-6-7-14-29(28)37-2/h3-14,19-22,24,32H,15-18H2,1-2H3,(H,33,36). The minimum atomic E-state index is -0.179. The van der Waals surface area contributed by atoms with Gasteiger partial charge in [-0.1, -0.05) is 36.4 Å². The van der Waals surface area contributed by atoms with E-state index >= 15 is 0 Å². The number of nitrogens with zero attached hydrogens (tertiary/aromatic N) is 3. The zero-order valence-corrected chi connectivity index (χ0v) is 21.3. The van der Waals surface area contributed by atoms with E-state index in [9.17, 15) is 4.79 Å². The molecule has 1 saturated heterocycles. The Hall–Kier alpha value is -4.10. The number of methoxy groups -OCH3 is 1. The van der Waals surface area contributed by atoms with Crippen LogP contribution in [0.25, 0.3) is 5.69 Å². The number of piperidine rings is 1. The lowest BCUT2D eigenvalue weighted by Gasteiger charge is -2.35. The van der Waals surface area contributed by atoms with Crippen molar-refractivity contribution in [1.29, 1.82) is 0 Å². The second-order valence-electron chi connectivity index (χ2n) is 9.41. The number of ether oxygens (including phenoxy) is 1. The number of para-hydroxylation sites is 2. The van der Waals surface area contributed by atoms with Crippen LogP contribution in [-0.4, -0.2) is 41.9 Å². The Morgan fingerprint density at radius 2 is 1.70 bits per heavy atom. The van der Waals surface area contributed by atoms with Crippen LogP contribution in [-0.2, 0) is 0 Å². The van der Waals surface area contributed by atoms with Crippen molar-refractivity contribution in [2.45, 2.75) is 31.8 Å². The summed E-state index contributed by atoms with van der Waals surface area (Å²) in [6, 6.07) is 26.2. The molecule has 7 nitrogen and oxygen atoms in total. The van der Waals surface area contributed by atoms with Crippen LogP contribution >= 0.6 is 0 Å². The molecule has 3 aromatic carbocycles. The molecule has 4 aromatic rings. The lowest BCUT2D eigenvalue weighted by atomic mass is 10.0. The van der Waals surface area contributed by atoms with E-state index in [1.165, 1.54) is 5.56 Å². The molecule has 1 fully saturated rings. The van der Waals surface area contributed by atoms with Gasteiger partial charge in [0, 0.05) is 48.3 Å². The lowest BCUT2D eigenvalue weighted by molar-refractivity contribution is 0.102. The first-order valence-electron chi connectivity index (χ1n) is 12.8. The predicted molar refractivity (Wildman–Crippen MR) is 148 cm³/mol. The molecule has 1 aliphatic rings. The number of amides is 1. The Morgan fingerprint density at radius 3 is 2.49 bits per heavy atom. The summed E-state index contributed by atoms with van der Waals surface area (Å²) in [5, 5.41) is 11.3. The van der Waals surface area contributed by atoms with E-state index in [2.05, 4.69) is 52.0 Å². The van der Waals surface area contributed by atoms with Crippen molar-refractivity contribution in [3.8, 4) is 11.4 Å². The van der Waals surface area contributed by atoms with Crippen LogP contribution in [0, 0.1) is 0 Å². The molecule has 1 atom stereocenters. The van der Waals surface area contributed by atoms with Crippen molar-refractivity contribution in [2.75, 3.05) is 30.4 Å². The van der Waals surface area contributed by atoms with Crippen LogP contribution in [0.5, 0.6) is 5.75 Å². The van der Waals surface area contributed by atoms with Crippen molar-refractivity contribution in [3.05, 3.63) is 102 Å². The quantitative estimate of drug-likeness (QED) is 0.340. The predicted octanol–water partition coefficient (Wildman–Crippen LogP) is 5.45. The van der Waals surface area contributed by atoms with Gasteiger partial charge in [-0.15, -0.1) is 0 Å². The van der Waals surface area contributed by atoms with Gasteiger partial charge in [-0.05, 0) is 62.2 Å². The van der Waals surface area contributed by atoms with Crippen molar-refractivity contribution < 1.29 is 9.53 Å². The van der Waals surface area contributed by atoms with Crippen LogP contribution < -0.4 is 20.3 Å². The van der Waals surface area contributed by atoms with Crippen molar-refractivity contribution in [2.24, 2.45) is 0 Å². The number of carbonyl (C=O) groups excluding carboxylic acids is 1. The Labute approximate surface area is 218 Å². The number of carbonyl (C=O) groups is 1. The number of nitrogens with one attached hydrogen (secondary N) is 2. The highest BCUT2D eigenvalue weighted by Crippen LogP contribution is 2.26. The fourth-order valence-corrected chi connectivity index (χ4v) is 4.85. The van der Waals surface area contributed by atoms with Crippen LogP contribution in [0.2, 0.25) is 0 Å². The number of hydrogen-bond acceptors (Lipinski definition) is 5. The van der Waals surface area contributed by atoms with Gasteiger partial charge >= 0.3 is 0 Å². The van der Waals surface area contributed by atoms with Crippen LogP contribution in [0.15, 0.2) is 91.3 Å². The van der Waals surface area contributed by atoms with Gasteiger partial charge in [0.1, 0.15) is 5.75 Å². The second kappa shape index (κ2) is 11.3. The molecule has 7 heteroatoms. The third-order valence-electron chi connectivity index (χ3n) is 6.92. The minimum absolute atomic E-state index is 0.179. The molecule has 5 rings (SSSR count). The zero-order valence-electron chi connectivity index (χ0n) is 21.3. The third kappa shape index (κ3) is 5.84. The molecule has 1 aromatic heterocycles. The van der Waals surface area contributed by atoms with Crippen molar-refractivity contribution >= 4 is 17.3 Å². The summed E-state index contributed by atoms with van der Waals surface area (Å²) in [5.41, 5.74) is 4.66. The summed E-state index contributed by atoms with van der Waals surface area (Å²) in [5.74, 6) is 0.384. The van der Waals surface area contributed by atoms with Crippen LogP contribution in [0.4, 0.5) is 11.4 Å². The van der Waals surface area contributed by atoms with Gasteiger partial charge in [-0.3, -0.25) is 4.79 Å². The minimum Gasteiger partial charge on any atom is -0.496 e. The topological polar surface area (TPSA) is 71.4 Å². The maximum atomic E-state index is 12.8. The molecule has 0 aliphatic carbocycles. The average molecular weight is 496 g/mol. The number of anilines is 2. The van der Waals surface area contributed by atoms with Gasteiger partial charge in [-0.25, -0.2) is 4.68 Å². The molecule has 37 heavy (non-hydrogen) atoms. The molecule has 190 valence electrons. The molecule has 0 spiro atoms. The van der Waals surface area contributed by atoms with E-state index in [4.69, 9.17) is 4.74 Å². The summed E-state index contributed by atoms with van der Waals surface area (Å²) in [7, 11) is 1.57. The molecule has 0 bridgehead atoms. The molecular weight excluding hydrogens is 462 g/mol. The number of hydrogen-bond donors (Lipinski definition) is 2. The summed E-state index contributed by atoms with van der Waals surface area (Å²) in [6.45, 7) is 4.11. The van der Waals surface area contributed by atoms with Crippen LogP contribution in [0.1, 0.15) is 41.7 Å². The van der Waals surface area contributed by atoms with Crippen LogP contribution in [0.3, 0.4) is 0 Å². The first-order valence-corrected chi connectivity index (χ1v) is 12.8. The Morgan fingerprint density at radius 1 is 0.973 bits per heavy atom. The highest BCUT2D eigenvalue weighted by atomic mass is 16.5. The monoisotopic (exact) mass is 495 g/mol. The normalized spacial score (nSPS) is 14.8. The van der Waals surface area contributed by atoms with Crippen molar-refractivity contribution in [3.63, 3.8) is 0 Å². The maximum Gasteiger partial charge on any atom is 0.259 e. The Balaban J connectivity index is 1.16. The molecule has 0 radical (unpaired) electrons. The highest BCUT2D eigenvalue weighted by molar-refractivity contribution is 6.06. The average Bonchev–Trinajstić information content (AvgIpc) is 3.45. The molecule has 1 amide bonds. The van der Waals surface area contributed by atoms with E-state index in [-0.39, 0.29) is 11.9 Å². The molecule has 0 saturated carbocycles. The SMILES string of the molecule is COc1ccccc1C(=O)Nc1cccc(N2CCC(NC(C)c3cnn(-c4ccccc4)c3)CC2)c1. The number of aromatic nitrogens is 2. The Bertz CT molecular complexity index is 1330. The molecule has 1 aliphatic heterocycles. The van der Waals surface area contributed by atoms with Gasteiger partial charge in [0.15, 0.2) is 0 Å². The fraction of sp³-hybridized carbons (Fsp3) is 0.267. The lowest BCUT2D eigenvalue weighted by Crippen LogP contribution is -2.43. The van der Waals surface area contributed by atoms with Crippen molar-refractivity contribution in [1.82, 2.24) is 15.1 Å². The van der Waals surface area contributed by atoms with Gasteiger partial charge in [0.05, 0.1) is 24.6 Å². The van der Waals surface area contributed by atoms with E-state index in [1.54, 1.807) is 19.2 Å². The van der Waals surface area contributed by atoms with Gasteiger partial charge in [-0.2, -0.15) is 5.10 Å². The summed E-state index contributed by atoms with van der Waals surface area (Å²) < 4.78 is 7.26. The third-order valence-corrected chi connectivity index (χ3v) is 6.92. The smallest absolute Gasteiger partial charge is 0.259 e. The molecule has 1 unspecified atom stereocenters. The van der Waals surface area contributed by atoms with Gasteiger partial charge < -0.3 is 20.3 Å². The van der Waals surface area contributed by atoms with Gasteiger partial charge in [0.2, 0.25) is 0 Å². The van der Waals surface area contributed by atoms with E-state index in [0.717, 1.165) is 43.0 Å². The molecule has 2 heterocycles. The summed E-state index contributed by atoms with van der Waals surface area (Å²) >= 11 is 0. The zero-order chi connectivity index (χ0) is 25.6. The molecular formula is C30H33N5O2. The first-order chi connectivity index (χ1) is 18.1. The summed E-state index contributed by atoms with van der Waals surface area (Å²) in [4.78, 5) is 15.2. The Kier molecular flexibility index (Phi) is 7.51. The largest absolute Gasteiger partial charge is 0.496 e. The fourth-order valence-electron chi connectivity index (χ4n) is 4.85. The highest BCUT2D eigenvalue weighted by Gasteiger charge is 2.22. The van der Waals surface area contributed by atoms with E-state index in [1.807, 2.05) is 59.4 Å². The van der Waals surface area contributed by atoms with E-state index in [0.29, 0.717) is 17.4 Å². The maximum absolute atomic E-state index is 12.8. The second-order valence-corrected chi connectivity index (χ2v) is 9.41.